The Hall–Kier alpha value is -2.24. The number of rotatable bonds is 7. The van der Waals surface area contributed by atoms with Crippen LogP contribution in [0.1, 0.15) is 12.7 Å². The number of benzene rings is 1. The number of amides is 1. The highest BCUT2D eigenvalue weighted by Gasteiger charge is 2.15. The molecule has 1 aromatic heterocycles. The summed E-state index contributed by atoms with van der Waals surface area (Å²) in [4.78, 5) is 15.9. The van der Waals surface area contributed by atoms with Crippen molar-refractivity contribution in [1.82, 2.24) is 10.6 Å². The van der Waals surface area contributed by atoms with E-state index < -0.39 is 29.0 Å². The minimum absolute atomic E-state index is 0. The van der Waals surface area contributed by atoms with Crippen LogP contribution in [0.3, 0.4) is 0 Å². The minimum atomic E-state index is -1.64. The monoisotopic (exact) mass is 496 g/mol. The summed E-state index contributed by atoms with van der Waals surface area (Å²) in [5.74, 6) is -3.89. The van der Waals surface area contributed by atoms with E-state index in [0.29, 0.717) is 25.5 Å². The van der Waals surface area contributed by atoms with Crippen molar-refractivity contribution in [2.45, 2.75) is 13.3 Å². The van der Waals surface area contributed by atoms with Gasteiger partial charge in [0.2, 0.25) is 5.91 Å². The van der Waals surface area contributed by atoms with Crippen LogP contribution in [0.4, 0.5) is 18.9 Å². The van der Waals surface area contributed by atoms with E-state index in [2.05, 4.69) is 20.9 Å². The number of carbonyl (C=O) groups excluding carboxylic acids is 1. The molecule has 6 nitrogen and oxygen atoms in total. The average molecular weight is 496 g/mol. The molecule has 3 N–H and O–H groups in total. The van der Waals surface area contributed by atoms with E-state index in [0.717, 1.165) is 17.9 Å². The van der Waals surface area contributed by atoms with Crippen molar-refractivity contribution >= 4 is 41.5 Å². The number of anilines is 1. The Kier molecular flexibility index (Phi) is 9.68. The van der Waals surface area contributed by atoms with E-state index in [9.17, 15) is 18.0 Å². The van der Waals surface area contributed by atoms with Crippen molar-refractivity contribution in [1.29, 1.82) is 0 Å². The third kappa shape index (κ3) is 7.12. The predicted octanol–water partition coefficient (Wildman–Crippen LogP) is 3.05. The van der Waals surface area contributed by atoms with Gasteiger partial charge in [-0.1, -0.05) is 0 Å². The molecule has 0 unspecified atom stereocenters. The third-order valence-corrected chi connectivity index (χ3v) is 3.28. The summed E-state index contributed by atoms with van der Waals surface area (Å²) in [6.45, 7) is 2.64. The number of hydrogen-bond acceptors (Lipinski definition) is 3. The van der Waals surface area contributed by atoms with Crippen LogP contribution in [0.2, 0.25) is 0 Å². The molecule has 0 aliphatic carbocycles. The van der Waals surface area contributed by atoms with Crippen molar-refractivity contribution < 1.29 is 22.4 Å². The second-order valence-electron chi connectivity index (χ2n) is 5.22. The first-order valence-corrected chi connectivity index (χ1v) is 7.99. The third-order valence-electron chi connectivity index (χ3n) is 3.28. The molecule has 27 heavy (non-hydrogen) atoms. The summed E-state index contributed by atoms with van der Waals surface area (Å²) >= 11 is 0. The molecule has 2 rings (SSSR count). The smallest absolute Gasteiger partial charge is 0.246 e. The van der Waals surface area contributed by atoms with E-state index in [1.54, 1.807) is 12.3 Å². The zero-order chi connectivity index (χ0) is 18.9. The lowest BCUT2D eigenvalue weighted by Gasteiger charge is -2.11. The molecule has 0 aliphatic rings. The molecule has 148 valence electrons. The molecule has 0 radical (unpaired) electrons. The number of guanidine groups is 1. The topological polar surface area (TPSA) is 78.7 Å². The quantitative estimate of drug-likeness (QED) is 0.239. The average Bonchev–Trinajstić information content (AvgIpc) is 3.13. The summed E-state index contributed by atoms with van der Waals surface area (Å²) in [5, 5.41) is 8.13. The summed E-state index contributed by atoms with van der Waals surface area (Å²) in [5.41, 5.74) is -0.445. The largest absolute Gasteiger partial charge is 0.469 e. The Labute approximate surface area is 171 Å². The molecule has 1 heterocycles. The van der Waals surface area contributed by atoms with Crippen LogP contribution >= 0.6 is 24.0 Å². The number of nitrogens with zero attached hydrogens (tertiary/aromatic N) is 1. The molecule has 0 atom stereocenters. The van der Waals surface area contributed by atoms with Gasteiger partial charge in [0.1, 0.15) is 12.3 Å². The van der Waals surface area contributed by atoms with E-state index in [1.807, 2.05) is 13.0 Å². The minimum Gasteiger partial charge on any atom is -0.469 e. The molecular formula is C17H20F3IN4O2. The summed E-state index contributed by atoms with van der Waals surface area (Å²) in [6, 6.07) is 5.31. The Morgan fingerprint density at radius 1 is 1.15 bits per heavy atom. The molecule has 1 aromatic carbocycles. The maximum Gasteiger partial charge on any atom is 0.246 e. The van der Waals surface area contributed by atoms with Gasteiger partial charge in [0.25, 0.3) is 0 Å². The van der Waals surface area contributed by atoms with E-state index >= 15 is 0 Å². The Balaban J connectivity index is 0.00000364. The van der Waals surface area contributed by atoms with Crippen molar-refractivity contribution in [2.24, 2.45) is 4.99 Å². The van der Waals surface area contributed by atoms with Gasteiger partial charge >= 0.3 is 0 Å². The number of furan rings is 1. The number of aliphatic imine (C=N–C) groups is 1. The first-order valence-electron chi connectivity index (χ1n) is 7.99. The van der Waals surface area contributed by atoms with Gasteiger partial charge in [0.05, 0.1) is 12.0 Å². The van der Waals surface area contributed by atoms with Gasteiger partial charge in [-0.05, 0) is 31.2 Å². The van der Waals surface area contributed by atoms with Crippen LogP contribution in [-0.2, 0) is 11.2 Å². The van der Waals surface area contributed by atoms with Gasteiger partial charge in [-0.2, -0.15) is 0 Å². The molecule has 0 bridgehead atoms. The fourth-order valence-electron chi connectivity index (χ4n) is 2.06. The lowest BCUT2D eigenvalue weighted by Crippen LogP contribution is -2.39. The summed E-state index contributed by atoms with van der Waals surface area (Å²) < 4.78 is 44.8. The van der Waals surface area contributed by atoms with Crippen molar-refractivity contribution in [3.8, 4) is 0 Å². The fourth-order valence-corrected chi connectivity index (χ4v) is 2.06. The van der Waals surface area contributed by atoms with Gasteiger partial charge in [-0.3, -0.25) is 4.79 Å². The van der Waals surface area contributed by atoms with Gasteiger partial charge in [-0.15, -0.1) is 24.0 Å². The van der Waals surface area contributed by atoms with Crippen molar-refractivity contribution in [3.05, 3.63) is 53.7 Å². The van der Waals surface area contributed by atoms with Gasteiger partial charge < -0.3 is 20.4 Å². The Bertz CT molecular complexity index is 770. The molecule has 0 fully saturated rings. The molecule has 0 saturated carbocycles. The van der Waals surface area contributed by atoms with Crippen LogP contribution in [0, 0.1) is 17.5 Å². The van der Waals surface area contributed by atoms with E-state index in [-0.39, 0.29) is 30.5 Å². The van der Waals surface area contributed by atoms with Crippen molar-refractivity contribution in [2.75, 3.05) is 25.0 Å². The molecule has 1 amide bonds. The van der Waals surface area contributed by atoms with Crippen LogP contribution in [0.15, 0.2) is 39.9 Å². The molecular weight excluding hydrogens is 476 g/mol. The van der Waals surface area contributed by atoms with Crippen LogP contribution in [-0.4, -0.2) is 31.5 Å². The van der Waals surface area contributed by atoms with E-state index in [4.69, 9.17) is 4.42 Å². The van der Waals surface area contributed by atoms with E-state index in [1.165, 1.54) is 0 Å². The highest BCUT2D eigenvalue weighted by atomic mass is 127. The zero-order valence-electron chi connectivity index (χ0n) is 14.5. The number of carbonyl (C=O) groups is 1. The normalized spacial score (nSPS) is 10.9. The molecule has 0 spiro atoms. The SMILES string of the molecule is CCNC(=NCC(=O)Nc1ccc(F)c(F)c1F)NCCc1ccco1.I. The second kappa shape index (κ2) is 11.5. The maximum absolute atomic E-state index is 13.5. The zero-order valence-corrected chi connectivity index (χ0v) is 16.9. The van der Waals surface area contributed by atoms with Crippen LogP contribution < -0.4 is 16.0 Å². The second-order valence-corrected chi connectivity index (χ2v) is 5.22. The predicted molar refractivity (Wildman–Crippen MR) is 107 cm³/mol. The van der Waals surface area contributed by atoms with Crippen LogP contribution in [0.5, 0.6) is 0 Å². The molecule has 10 heteroatoms. The first-order chi connectivity index (χ1) is 12.5. The summed E-state index contributed by atoms with van der Waals surface area (Å²) in [6.07, 6.45) is 2.21. The molecule has 2 aromatic rings. The lowest BCUT2D eigenvalue weighted by molar-refractivity contribution is -0.114. The van der Waals surface area contributed by atoms with Gasteiger partial charge in [-0.25, -0.2) is 18.2 Å². The maximum atomic E-state index is 13.5. The number of nitrogens with one attached hydrogen (secondary N) is 3. The Morgan fingerprint density at radius 3 is 2.59 bits per heavy atom. The summed E-state index contributed by atoms with van der Waals surface area (Å²) in [7, 11) is 0. The van der Waals surface area contributed by atoms with Gasteiger partial charge in [0.15, 0.2) is 23.4 Å². The molecule has 0 saturated heterocycles. The lowest BCUT2D eigenvalue weighted by atomic mass is 10.3. The highest BCUT2D eigenvalue weighted by Crippen LogP contribution is 2.19. The van der Waals surface area contributed by atoms with Crippen molar-refractivity contribution in [3.63, 3.8) is 0 Å². The van der Waals surface area contributed by atoms with Crippen LogP contribution in [0.25, 0.3) is 0 Å². The molecule has 0 aliphatic heterocycles. The highest BCUT2D eigenvalue weighted by molar-refractivity contribution is 14.0. The van der Waals surface area contributed by atoms with Gasteiger partial charge in [0, 0.05) is 19.5 Å². The Morgan fingerprint density at radius 2 is 1.93 bits per heavy atom. The standard InChI is InChI=1S/C17H19F3N4O2.HI/c1-2-21-17(22-8-7-11-4-3-9-26-11)23-10-14(25)24-13-6-5-12(18)15(19)16(13)20;/h3-6,9H,2,7-8,10H2,1H3,(H,24,25)(H2,21,22,23);1H. The number of hydrogen-bond donors (Lipinski definition) is 3. The fraction of sp³-hybridized carbons (Fsp3) is 0.294. The number of halogens is 4. The first kappa shape index (κ1) is 22.8.